The molecule has 0 aromatic heterocycles. The Morgan fingerprint density at radius 3 is 2.37 bits per heavy atom. The Labute approximate surface area is 122 Å². The van der Waals surface area contributed by atoms with Gasteiger partial charge in [-0.25, -0.2) is 13.6 Å². The second kappa shape index (κ2) is 6.76. The Kier molecular flexibility index (Phi) is 5.88. The predicted octanol–water partition coefficient (Wildman–Crippen LogP) is 2.44. The lowest BCUT2D eigenvalue weighted by molar-refractivity contribution is 0.0553. The summed E-state index contributed by atoms with van der Waals surface area (Å²) in [7, 11) is -3.91. The van der Waals surface area contributed by atoms with Gasteiger partial charge in [-0.2, -0.15) is 0 Å². The van der Waals surface area contributed by atoms with Gasteiger partial charge in [0, 0.05) is 0 Å². The van der Waals surface area contributed by atoms with Crippen LogP contribution in [0.1, 0.15) is 13.8 Å². The minimum atomic E-state index is -3.91. The first kappa shape index (κ1) is 16.5. The molecule has 8 heteroatoms. The molecule has 1 aromatic carbocycles. The molecule has 1 rings (SSSR count). The standard InChI is InChI=1S/C11H15Cl2NO4S/c1-7(2)17-5-6-18-8-3-4-9(19(14,15)16)11(13)10(8)12/h3-4,7H,5-6H2,1-2H3,(H2,14,15,16). The van der Waals surface area contributed by atoms with Crippen molar-refractivity contribution in [2.75, 3.05) is 13.2 Å². The summed E-state index contributed by atoms with van der Waals surface area (Å²) in [6.45, 7) is 4.49. The molecule has 0 amide bonds. The fraction of sp³-hybridized carbons (Fsp3) is 0.455. The summed E-state index contributed by atoms with van der Waals surface area (Å²) in [4.78, 5) is -0.232. The second-order valence-corrected chi connectivity index (χ2v) is 6.29. The van der Waals surface area contributed by atoms with E-state index in [0.717, 1.165) is 0 Å². The second-order valence-electron chi connectivity index (χ2n) is 4.00. The molecule has 19 heavy (non-hydrogen) atoms. The van der Waals surface area contributed by atoms with Crippen LogP contribution in [-0.2, 0) is 14.8 Å². The van der Waals surface area contributed by atoms with Gasteiger partial charge in [0.25, 0.3) is 0 Å². The molecule has 0 radical (unpaired) electrons. The van der Waals surface area contributed by atoms with Crippen molar-refractivity contribution < 1.29 is 17.9 Å². The van der Waals surface area contributed by atoms with E-state index in [-0.39, 0.29) is 33.4 Å². The lowest BCUT2D eigenvalue weighted by Gasteiger charge is -2.12. The zero-order valence-electron chi connectivity index (χ0n) is 10.5. The average Bonchev–Trinajstić information content (AvgIpc) is 2.27. The van der Waals surface area contributed by atoms with Crippen LogP contribution in [0.5, 0.6) is 5.75 Å². The molecule has 0 heterocycles. The number of halogens is 2. The van der Waals surface area contributed by atoms with Crippen LogP contribution in [-0.4, -0.2) is 27.7 Å². The van der Waals surface area contributed by atoms with Crippen LogP contribution < -0.4 is 9.88 Å². The number of sulfonamides is 1. The fourth-order valence-electron chi connectivity index (χ4n) is 1.28. The number of nitrogens with two attached hydrogens (primary N) is 1. The SMILES string of the molecule is CC(C)OCCOc1ccc(S(N)(=O)=O)c(Cl)c1Cl. The van der Waals surface area contributed by atoms with Gasteiger partial charge < -0.3 is 9.47 Å². The van der Waals surface area contributed by atoms with Crippen molar-refractivity contribution in [3.05, 3.63) is 22.2 Å². The fourth-order valence-corrected chi connectivity index (χ4v) is 2.64. The van der Waals surface area contributed by atoms with Crippen molar-refractivity contribution in [2.45, 2.75) is 24.8 Å². The highest BCUT2D eigenvalue weighted by Crippen LogP contribution is 2.36. The summed E-state index contributed by atoms with van der Waals surface area (Å²) in [5, 5.41) is 4.86. The molecule has 108 valence electrons. The van der Waals surface area contributed by atoms with Gasteiger partial charge in [0.1, 0.15) is 22.3 Å². The minimum absolute atomic E-state index is 0.0118. The molecule has 0 aliphatic carbocycles. The van der Waals surface area contributed by atoms with Gasteiger partial charge in [0.05, 0.1) is 17.7 Å². The predicted molar refractivity (Wildman–Crippen MR) is 74.4 cm³/mol. The van der Waals surface area contributed by atoms with Crippen LogP contribution >= 0.6 is 23.2 Å². The highest BCUT2D eigenvalue weighted by molar-refractivity contribution is 7.89. The maximum absolute atomic E-state index is 11.2. The van der Waals surface area contributed by atoms with E-state index in [1.54, 1.807) is 0 Å². The van der Waals surface area contributed by atoms with E-state index < -0.39 is 10.0 Å². The third kappa shape index (κ3) is 4.81. The molecule has 1 aromatic rings. The first-order valence-electron chi connectivity index (χ1n) is 5.48. The van der Waals surface area contributed by atoms with E-state index in [1.807, 2.05) is 13.8 Å². The molecule has 0 bridgehead atoms. The maximum atomic E-state index is 11.2. The number of primary sulfonamides is 1. The van der Waals surface area contributed by atoms with E-state index in [4.69, 9.17) is 37.8 Å². The van der Waals surface area contributed by atoms with Crippen LogP contribution in [0.25, 0.3) is 0 Å². The quantitative estimate of drug-likeness (QED) is 0.814. The molecular formula is C11H15Cl2NO4S. The number of ether oxygens (including phenoxy) is 2. The summed E-state index contributed by atoms with van der Waals surface area (Å²) >= 11 is 11.8. The van der Waals surface area contributed by atoms with Crippen molar-refractivity contribution in [1.82, 2.24) is 0 Å². The van der Waals surface area contributed by atoms with Crippen molar-refractivity contribution in [3.63, 3.8) is 0 Å². The number of benzene rings is 1. The summed E-state index contributed by atoms with van der Waals surface area (Å²) in [5.74, 6) is 0.284. The zero-order valence-corrected chi connectivity index (χ0v) is 12.8. The summed E-state index contributed by atoms with van der Waals surface area (Å²) in [6.07, 6.45) is 0.104. The van der Waals surface area contributed by atoms with Gasteiger partial charge in [-0.15, -0.1) is 0 Å². The molecule has 0 unspecified atom stereocenters. The lowest BCUT2D eigenvalue weighted by atomic mass is 10.3. The maximum Gasteiger partial charge on any atom is 0.239 e. The van der Waals surface area contributed by atoms with Crippen LogP contribution in [0.15, 0.2) is 17.0 Å². The van der Waals surface area contributed by atoms with E-state index in [0.29, 0.717) is 6.61 Å². The first-order valence-corrected chi connectivity index (χ1v) is 7.79. The Morgan fingerprint density at radius 1 is 1.21 bits per heavy atom. The Balaban J connectivity index is 2.80. The van der Waals surface area contributed by atoms with Crippen molar-refractivity contribution in [3.8, 4) is 5.75 Å². The molecule has 0 aliphatic heterocycles. The van der Waals surface area contributed by atoms with Gasteiger partial charge in [-0.1, -0.05) is 23.2 Å². The van der Waals surface area contributed by atoms with Gasteiger partial charge in [0.2, 0.25) is 10.0 Å². The normalized spacial score (nSPS) is 11.9. The summed E-state index contributed by atoms with van der Waals surface area (Å²) in [6, 6.07) is 2.66. The van der Waals surface area contributed by atoms with Gasteiger partial charge in [-0.3, -0.25) is 0 Å². The average molecular weight is 328 g/mol. The summed E-state index contributed by atoms with van der Waals surface area (Å²) in [5.41, 5.74) is 0. The Hall–Kier alpha value is -0.530. The van der Waals surface area contributed by atoms with Crippen molar-refractivity contribution >= 4 is 33.2 Å². The Bertz CT molecular complexity index is 546. The third-order valence-electron chi connectivity index (χ3n) is 2.11. The van der Waals surface area contributed by atoms with Crippen LogP contribution in [0, 0.1) is 0 Å². The molecule has 5 nitrogen and oxygen atoms in total. The van der Waals surface area contributed by atoms with Gasteiger partial charge in [-0.05, 0) is 26.0 Å². The number of hydrogen-bond donors (Lipinski definition) is 1. The highest BCUT2D eigenvalue weighted by Gasteiger charge is 2.18. The first-order chi connectivity index (χ1) is 8.73. The van der Waals surface area contributed by atoms with E-state index in [2.05, 4.69) is 0 Å². The molecule has 0 atom stereocenters. The van der Waals surface area contributed by atoms with E-state index in [9.17, 15) is 8.42 Å². The molecule has 0 fully saturated rings. The van der Waals surface area contributed by atoms with Crippen LogP contribution in [0.3, 0.4) is 0 Å². The largest absolute Gasteiger partial charge is 0.490 e. The number of hydrogen-bond acceptors (Lipinski definition) is 4. The Morgan fingerprint density at radius 2 is 1.84 bits per heavy atom. The van der Waals surface area contributed by atoms with Crippen LogP contribution in [0.2, 0.25) is 10.0 Å². The van der Waals surface area contributed by atoms with Gasteiger partial charge >= 0.3 is 0 Å². The van der Waals surface area contributed by atoms with E-state index >= 15 is 0 Å². The molecule has 0 spiro atoms. The van der Waals surface area contributed by atoms with Crippen molar-refractivity contribution in [1.29, 1.82) is 0 Å². The third-order valence-corrected chi connectivity index (χ3v) is 4.04. The minimum Gasteiger partial charge on any atom is -0.490 e. The van der Waals surface area contributed by atoms with Gasteiger partial charge in [0.15, 0.2) is 0 Å². The molecular weight excluding hydrogens is 313 g/mol. The molecule has 0 saturated heterocycles. The van der Waals surface area contributed by atoms with Crippen molar-refractivity contribution in [2.24, 2.45) is 5.14 Å². The molecule has 0 saturated carbocycles. The lowest BCUT2D eigenvalue weighted by Crippen LogP contribution is -2.14. The topological polar surface area (TPSA) is 78.6 Å². The number of rotatable bonds is 6. The molecule has 0 aliphatic rings. The zero-order chi connectivity index (χ0) is 14.6. The highest BCUT2D eigenvalue weighted by atomic mass is 35.5. The monoisotopic (exact) mass is 327 g/mol. The van der Waals surface area contributed by atoms with E-state index in [1.165, 1.54) is 12.1 Å². The molecule has 2 N–H and O–H groups in total. The van der Waals surface area contributed by atoms with Crippen LogP contribution in [0.4, 0.5) is 0 Å². The smallest absolute Gasteiger partial charge is 0.239 e. The summed E-state index contributed by atoms with van der Waals surface area (Å²) < 4.78 is 33.1.